The van der Waals surface area contributed by atoms with Crippen molar-refractivity contribution in [3.63, 3.8) is 0 Å². The van der Waals surface area contributed by atoms with Gasteiger partial charge in [0, 0.05) is 12.6 Å². The fourth-order valence-corrected chi connectivity index (χ4v) is 2.57. The highest BCUT2D eigenvalue weighted by atomic mass is 16.2. The maximum absolute atomic E-state index is 10.5. The van der Waals surface area contributed by atoms with Crippen LogP contribution < -0.4 is 11.2 Å². The topological polar surface area (TPSA) is 70.7 Å². The van der Waals surface area contributed by atoms with E-state index in [9.17, 15) is 4.79 Å². The molecule has 0 bridgehead atoms. The van der Waals surface area contributed by atoms with E-state index in [0.717, 1.165) is 12.1 Å². The van der Waals surface area contributed by atoms with Gasteiger partial charge in [0.25, 0.3) is 0 Å². The number of likely N-dealkylation sites (tertiary alicyclic amines) is 1. The molecule has 1 aliphatic heterocycles. The molecular weight excluding hydrogens is 252 g/mol. The predicted octanol–water partition coefficient (Wildman–Crippen LogP) is 2.06. The van der Waals surface area contributed by atoms with E-state index in [2.05, 4.69) is 34.5 Å². The molecular formula is C15H22N4O. The van der Waals surface area contributed by atoms with Crippen LogP contribution in [-0.4, -0.2) is 29.7 Å². The third kappa shape index (κ3) is 4.35. The van der Waals surface area contributed by atoms with Crippen LogP contribution in [0.2, 0.25) is 0 Å². The number of hydrogen-bond donors (Lipinski definition) is 2. The molecule has 0 aromatic heterocycles. The Bertz CT molecular complexity index is 487. The van der Waals surface area contributed by atoms with Gasteiger partial charge in [-0.2, -0.15) is 5.10 Å². The average molecular weight is 274 g/mol. The summed E-state index contributed by atoms with van der Waals surface area (Å²) >= 11 is 0. The van der Waals surface area contributed by atoms with Gasteiger partial charge in [0.2, 0.25) is 0 Å². The lowest BCUT2D eigenvalue weighted by Gasteiger charge is -2.33. The average Bonchev–Trinajstić information content (AvgIpc) is 2.41. The van der Waals surface area contributed by atoms with Crippen molar-refractivity contribution in [2.24, 2.45) is 10.8 Å². The molecule has 5 heteroatoms. The zero-order chi connectivity index (χ0) is 14.4. The van der Waals surface area contributed by atoms with Crippen LogP contribution in [-0.2, 0) is 6.54 Å². The zero-order valence-electron chi connectivity index (χ0n) is 11.9. The molecule has 0 aliphatic carbocycles. The number of benzene rings is 1. The maximum atomic E-state index is 10.5. The van der Waals surface area contributed by atoms with Crippen LogP contribution in [0.3, 0.4) is 0 Å². The number of primary amides is 1. The molecule has 0 radical (unpaired) electrons. The molecule has 1 aromatic carbocycles. The Hall–Kier alpha value is -1.88. The van der Waals surface area contributed by atoms with E-state index < -0.39 is 6.03 Å². The van der Waals surface area contributed by atoms with E-state index in [1.807, 2.05) is 12.1 Å². The van der Waals surface area contributed by atoms with Gasteiger partial charge in [-0.25, -0.2) is 10.2 Å². The second-order valence-corrected chi connectivity index (χ2v) is 5.29. The number of nitrogens with one attached hydrogen (secondary N) is 1. The van der Waals surface area contributed by atoms with E-state index in [1.165, 1.54) is 31.4 Å². The first-order valence-electron chi connectivity index (χ1n) is 7.06. The smallest absolute Gasteiger partial charge is 0.332 e. The van der Waals surface area contributed by atoms with Crippen molar-refractivity contribution < 1.29 is 4.79 Å². The molecule has 0 spiro atoms. The maximum Gasteiger partial charge on any atom is 0.332 e. The van der Waals surface area contributed by atoms with Crippen molar-refractivity contribution in [2.45, 2.75) is 38.8 Å². The van der Waals surface area contributed by atoms with Crippen LogP contribution in [0.25, 0.3) is 0 Å². The molecule has 20 heavy (non-hydrogen) atoms. The first kappa shape index (κ1) is 14.5. The van der Waals surface area contributed by atoms with E-state index >= 15 is 0 Å². The van der Waals surface area contributed by atoms with Gasteiger partial charge in [0.05, 0.1) is 6.21 Å². The quantitative estimate of drug-likeness (QED) is 0.651. The zero-order valence-corrected chi connectivity index (χ0v) is 11.9. The number of carbonyl (C=O) groups is 1. The van der Waals surface area contributed by atoms with Gasteiger partial charge in [0.1, 0.15) is 0 Å². The standard InChI is InChI=1S/C15H22N4O/c1-12-5-2-3-8-19(12)11-14-7-4-6-13(9-14)10-17-18-15(16)20/h4,6-7,9-10,12H,2-3,5,8,11H2,1H3,(H3,16,18,20). The van der Waals surface area contributed by atoms with Crippen LogP contribution >= 0.6 is 0 Å². The molecule has 3 N–H and O–H groups in total. The molecule has 1 atom stereocenters. The fraction of sp³-hybridized carbons (Fsp3) is 0.467. The summed E-state index contributed by atoms with van der Waals surface area (Å²) in [5, 5.41) is 3.78. The summed E-state index contributed by atoms with van der Waals surface area (Å²) in [6.07, 6.45) is 5.51. The largest absolute Gasteiger partial charge is 0.350 e. The number of hydrogen-bond acceptors (Lipinski definition) is 3. The Labute approximate surface area is 119 Å². The molecule has 1 fully saturated rings. The molecule has 1 aromatic rings. The molecule has 108 valence electrons. The second-order valence-electron chi connectivity index (χ2n) is 5.29. The van der Waals surface area contributed by atoms with Crippen molar-refractivity contribution in [1.29, 1.82) is 0 Å². The number of nitrogens with zero attached hydrogens (tertiary/aromatic N) is 2. The number of nitrogens with two attached hydrogens (primary N) is 1. The summed E-state index contributed by atoms with van der Waals surface area (Å²) in [4.78, 5) is 13.1. The first-order chi connectivity index (χ1) is 9.65. The second kappa shape index (κ2) is 7.05. The van der Waals surface area contributed by atoms with Gasteiger partial charge < -0.3 is 5.73 Å². The van der Waals surface area contributed by atoms with Crippen molar-refractivity contribution in [3.8, 4) is 0 Å². The molecule has 1 saturated heterocycles. The van der Waals surface area contributed by atoms with E-state index in [1.54, 1.807) is 6.21 Å². The minimum Gasteiger partial charge on any atom is -0.350 e. The molecule has 2 rings (SSSR count). The highest BCUT2D eigenvalue weighted by Gasteiger charge is 2.17. The lowest BCUT2D eigenvalue weighted by molar-refractivity contribution is 0.152. The van der Waals surface area contributed by atoms with Crippen LogP contribution in [0.1, 0.15) is 37.3 Å². The number of piperidine rings is 1. The summed E-state index contributed by atoms with van der Waals surface area (Å²) in [5.41, 5.74) is 9.38. The summed E-state index contributed by atoms with van der Waals surface area (Å²) < 4.78 is 0. The third-order valence-corrected chi connectivity index (χ3v) is 3.67. The molecule has 5 nitrogen and oxygen atoms in total. The highest BCUT2D eigenvalue weighted by molar-refractivity contribution is 5.81. The van der Waals surface area contributed by atoms with Gasteiger partial charge in [0.15, 0.2) is 0 Å². The normalized spacial score (nSPS) is 20.1. The van der Waals surface area contributed by atoms with Crippen LogP contribution in [0, 0.1) is 0 Å². The monoisotopic (exact) mass is 274 g/mol. The van der Waals surface area contributed by atoms with Crippen LogP contribution in [0.4, 0.5) is 4.79 Å². The molecule has 2 amide bonds. The Kier molecular flexibility index (Phi) is 5.12. The SMILES string of the molecule is CC1CCCCN1Cc1cccc(C=NNC(N)=O)c1. The summed E-state index contributed by atoms with van der Waals surface area (Å²) in [5.74, 6) is 0. The lowest BCUT2D eigenvalue weighted by Crippen LogP contribution is -2.36. The highest BCUT2D eigenvalue weighted by Crippen LogP contribution is 2.19. The van der Waals surface area contributed by atoms with E-state index in [-0.39, 0.29) is 0 Å². The summed E-state index contributed by atoms with van der Waals surface area (Å²) in [6, 6.07) is 8.18. The van der Waals surface area contributed by atoms with Crippen molar-refractivity contribution >= 4 is 12.2 Å². The minimum atomic E-state index is -0.653. The van der Waals surface area contributed by atoms with Crippen LogP contribution in [0.5, 0.6) is 0 Å². The number of carbonyl (C=O) groups excluding carboxylic acids is 1. The molecule has 0 saturated carbocycles. The number of urea groups is 1. The Morgan fingerprint density at radius 3 is 3.15 bits per heavy atom. The van der Waals surface area contributed by atoms with Crippen molar-refractivity contribution in [3.05, 3.63) is 35.4 Å². The minimum absolute atomic E-state index is 0.651. The van der Waals surface area contributed by atoms with Crippen molar-refractivity contribution in [2.75, 3.05) is 6.54 Å². The molecule has 1 heterocycles. The molecule has 1 unspecified atom stereocenters. The third-order valence-electron chi connectivity index (χ3n) is 3.67. The summed E-state index contributed by atoms with van der Waals surface area (Å²) in [7, 11) is 0. The Balaban J connectivity index is 1.98. The lowest BCUT2D eigenvalue weighted by atomic mass is 10.0. The van der Waals surface area contributed by atoms with Gasteiger partial charge >= 0.3 is 6.03 Å². The Morgan fingerprint density at radius 1 is 1.55 bits per heavy atom. The Morgan fingerprint density at radius 2 is 2.40 bits per heavy atom. The fourth-order valence-electron chi connectivity index (χ4n) is 2.57. The van der Waals surface area contributed by atoms with Gasteiger partial charge in [-0.05, 0) is 43.5 Å². The molecule has 1 aliphatic rings. The van der Waals surface area contributed by atoms with Gasteiger partial charge in [-0.15, -0.1) is 0 Å². The van der Waals surface area contributed by atoms with Gasteiger partial charge in [-0.3, -0.25) is 4.90 Å². The van der Waals surface area contributed by atoms with Crippen LogP contribution in [0.15, 0.2) is 29.4 Å². The number of hydrazone groups is 1. The first-order valence-corrected chi connectivity index (χ1v) is 7.06. The summed E-state index contributed by atoms with van der Waals surface area (Å²) in [6.45, 7) is 4.43. The predicted molar refractivity (Wildman–Crippen MR) is 80.5 cm³/mol. The van der Waals surface area contributed by atoms with Crippen molar-refractivity contribution in [1.82, 2.24) is 10.3 Å². The van der Waals surface area contributed by atoms with Gasteiger partial charge in [-0.1, -0.05) is 24.6 Å². The van der Waals surface area contributed by atoms with E-state index in [4.69, 9.17) is 5.73 Å². The number of rotatable bonds is 4. The van der Waals surface area contributed by atoms with E-state index in [0.29, 0.717) is 6.04 Å². The number of amides is 2.